The van der Waals surface area contributed by atoms with E-state index in [1.54, 1.807) is 6.08 Å². The van der Waals surface area contributed by atoms with Crippen LogP contribution in [0, 0.1) is 0 Å². The number of hydrogen-bond donors (Lipinski definition) is 3. The third-order valence-electron chi connectivity index (χ3n) is 14.8. The average Bonchev–Trinajstić information content (AvgIpc) is 3.46. The normalized spacial score (nSPS) is 13.7. The lowest BCUT2D eigenvalue weighted by Crippen LogP contribution is -2.45. The number of rotatable bonds is 61. The van der Waals surface area contributed by atoms with Crippen LogP contribution in [-0.4, -0.2) is 34.9 Å². The van der Waals surface area contributed by atoms with Crippen LogP contribution in [0.1, 0.15) is 309 Å². The second-order valence-corrected chi connectivity index (χ2v) is 22.5. The Labute approximate surface area is 497 Å². The van der Waals surface area contributed by atoms with E-state index >= 15 is 0 Å². The van der Waals surface area contributed by atoms with Crippen molar-refractivity contribution in [1.82, 2.24) is 5.32 Å². The highest BCUT2D eigenvalue weighted by Crippen LogP contribution is 2.16. The number of nitrogens with one attached hydrogen (secondary N) is 1. The summed E-state index contributed by atoms with van der Waals surface area (Å²) >= 11 is 0. The molecule has 0 spiro atoms. The molecule has 0 aliphatic carbocycles. The van der Waals surface area contributed by atoms with E-state index in [-0.39, 0.29) is 12.5 Å². The second-order valence-electron chi connectivity index (χ2n) is 22.5. The van der Waals surface area contributed by atoms with Crippen LogP contribution < -0.4 is 5.32 Å². The van der Waals surface area contributed by atoms with Crippen molar-refractivity contribution in [1.29, 1.82) is 0 Å². The first kappa shape index (κ1) is 76.3. The minimum Gasteiger partial charge on any atom is -0.394 e. The van der Waals surface area contributed by atoms with Crippen molar-refractivity contribution in [2.24, 2.45) is 0 Å². The number of carbonyl (C=O) groups is 1. The van der Waals surface area contributed by atoms with E-state index in [1.807, 2.05) is 6.08 Å². The highest BCUT2D eigenvalue weighted by Gasteiger charge is 2.18. The smallest absolute Gasteiger partial charge is 0.220 e. The predicted molar refractivity (Wildman–Crippen MR) is 358 cm³/mol. The fraction of sp³-hybridized carbons (Fsp3) is 0.671. The van der Waals surface area contributed by atoms with Gasteiger partial charge in [0.1, 0.15) is 0 Å². The molecule has 80 heavy (non-hydrogen) atoms. The van der Waals surface area contributed by atoms with Crippen molar-refractivity contribution in [3.8, 4) is 0 Å². The quantitative estimate of drug-likeness (QED) is 0.0420. The van der Waals surface area contributed by atoms with Crippen LogP contribution in [0.4, 0.5) is 0 Å². The minimum atomic E-state index is -0.883. The van der Waals surface area contributed by atoms with Gasteiger partial charge in [0.15, 0.2) is 0 Å². The molecule has 2 atom stereocenters. The summed E-state index contributed by atoms with van der Waals surface area (Å²) in [7, 11) is 0. The molecule has 0 aromatic carbocycles. The molecule has 4 nitrogen and oxygen atoms in total. The zero-order valence-electron chi connectivity index (χ0n) is 52.5. The topological polar surface area (TPSA) is 69.6 Å². The van der Waals surface area contributed by atoms with Crippen LogP contribution in [0.25, 0.3) is 0 Å². The van der Waals surface area contributed by atoms with Crippen LogP contribution in [0.15, 0.2) is 146 Å². The lowest BCUT2D eigenvalue weighted by molar-refractivity contribution is -0.123. The van der Waals surface area contributed by atoms with E-state index in [9.17, 15) is 15.0 Å². The summed E-state index contributed by atoms with van der Waals surface area (Å²) in [6.45, 7) is 4.19. The van der Waals surface area contributed by atoms with Gasteiger partial charge >= 0.3 is 0 Å². The van der Waals surface area contributed by atoms with E-state index in [1.165, 1.54) is 186 Å². The number of hydrogen-bond acceptors (Lipinski definition) is 3. The molecular weight excluding hydrogens is 975 g/mol. The number of aliphatic hydroxyl groups excluding tert-OH is 2. The van der Waals surface area contributed by atoms with Gasteiger partial charge in [-0.05, 0) is 116 Å². The van der Waals surface area contributed by atoms with Crippen LogP contribution in [-0.2, 0) is 4.79 Å². The largest absolute Gasteiger partial charge is 0.394 e. The molecule has 0 aliphatic heterocycles. The summed E-state index contributed by atoms with van der Waals surface area (Å²) in [4.78, 5) is 12.5. The van der Waals surface area contributed by atoms with E-state index < -0.39 is 12.1 Å². The third-order valence-corrected chi connectivity index (χ3v) is 14.8. The van der Waals surface area contributed by atoms with Crippen molar-refractivity contribution in [2.45, 2.75) is 321 Å². The van der Waals surface area contributed by atoms with Gasteiger partial charge in [-0.15, -0.1) is 0 Å². The molecule has 0 bridgehead atoms. The third kappa shape index (κ3) is 65.1. The van der Waals surface area contributed by atoms with Gasteiger partial charge in [-0.3, -0.25) is 4.79 Å². The Morgan fingerprint density at radius 2 is 0.562 bits per heavy atom. The van der Waals surface area contributed by atoms with Crippen molar-refractivity contribution < 1.29 is 15.0 Å². The molecule has 1 amide bonds. The van der Waals surface area contributed by atoms with Crippen molar-refractivity contribution in [2.75, 3.05) is 6.61 Å². The fourth-order valence-corrected chi connectivity index (χ4v) is 9.68. The highest BCUT2D eigenvalue weighted by molar-refractivity contribution is 5.76. The zero-order valence-corrected chi connectivity index (χ0v) is 52.5. The molecule has 0 fully saturated rings. The number of carbonyl (C=O) groups excluding carboxylic acids is 1. The molecule has 0 aromatic heterocycles. The summed E-state index contributed by atoms with van der Waals surface area (Å²) in [5.41, 5.74) is 0. The molecule has 0 radical (unpaired) electrons. The molecule has 0 rings (SSSR count). The van der Waals surface area contributed by atoms with E-state index in [4.69, 9.17) is 0 Å². The first-order chi connectivity index (χ1) is 39.7. The van der Waals surface area contributed by atoms with Gasteiger partial charge in [0, 0.05) is 6.42 Å². The van der Waals surface area contributed by atoms with Crippen molar-refractivity contribution in [3.63, 3.8) is 0 Å². The SMILES string of the molecule is CC/C=C\C/C=C\C/C=C\C/C=C\C/C=C\C/C=C\C/C=C\C/C=C\C/C=C\CCCCCCCCCCCCCC(=O)NC(CO)C(O)/C=C/CC/C=C/CC/C=C/CCCCCCCCCCCCCCCCCCCCC. The molecule has 0 saturated carbocycles. The average molecular weight is 1100 g/mol. The molecule has 0 aromatic rings. The van der Waals surface area contributed by atoms with Crippen LogP contribution in [0.3, 0.4) is 0 Å². The first-order valence-corrected chi connectivity index (χ1v) is 34.0. The van der Waals surface area contributed by atoms with E-state index in [0.29, 0.717) is 6.42 Å². The van der Waals surface area contributed by atoms with Gasteiger partial charge < -0.3 is 15.5 Å². The standard InChI is InChI=1S/C76H129NO3/c1-3-5-7-9-11-13-15-17-19-21-23-25-27-29-31-33-34-35-36-37-38-39-40-41-42-44-46-48-50-52-54-56-58-60-62-64-66-68-70-72-76(80)77-74(73-78)75(79)71-69-67-65-63-61-59-57-55-53-51-49-47-45-43-32-30-28-26-24-22-20-18-16-14-12-10-8-6-4-2/h5,7,11,13,17,19,23,25,29,31,34-35,37-38,40-41,44,46,53,55,61,63,69,71,74-75,78-79H,3-4,6,8-10,12,14-16,18,20-22,24,26-28,30,32-33,36,39,42-43,45,47-52,54,56-60,62,64-68,70,72-73H2,1-2H3,(H,77,80)/b7-5-,13-11-,19-17-,25-23-,31-29-,35-34-,38-37-,41-40-,46-44-,55-53+,63-61+,71-69+. The lowest BCUT2D eigenvalue weighted by atomic mass is 10.0. The molecule has 3 N–H and O–H groups in total. The number of amides is 1. The van der Waals surface area contributed by atoms with Crippen molar-refractivity contribution >= 4 is 5.91 Å². The minimum absolute atomic E-state index is 0.0845. The lowest BCUT2D eigenvalue weighted by Gasteiger charge is -2.19. The van der Waals surface area contributed by atoms with Crippen molar-refractivity contribution in [3.05, 3.63) is 146 Å². The highest BCUT2D eigenvalue weighted by atomic mass is 16.3. The van der Waals surface area contributed by atoms with Crippen LogP contribution >= 0.6 is 0 Å². The Bertz CT molecular complexity index is 1630. The van der Waals surface area contributed by atoms with Gasteiger partial charge in [0.2, 0.25) is 5.91 Å². The Morgan fingerprint density at radius 1 is 0.312 bits per heavy atom. The van der Waals surface area contributed by atoms with Gasteiger partial charge in [-0.25, -0.2) is 0 Å². The predicted octanol–water partition coefficient (Wildman–Crippen LogP) is 23.5. The maximum atomic E-state index is 12.5. The Balaban J connectivity index is 3.60. The number of aliphatic hydroxyl groups is 2. The molecule has 2 unspecified atom stereocenters. The van der Waals surface area contributed by atoms with Gasteiger partial charge in [-0.1, -0.05) is 333 Å². The molecule has 0 saturated heterocycles. The summed E-state index contributed by atoms with van der Waals surface area (Å²) in [6, 6.07) is -0.659. The Kier molecular flexibility index (Phi) is 66.3. The monoisotopic (exact) mass is 1100 g/mol. The van der Waals surface area contributed by atoms with Crippen LogP contribution in [0.5, 0.6) is 0 Å². The number of unbranched alkanes of at least 4 members (excludes halogenated alkanes) is 32. The van der Waals surface area contributed by atoms with Gasteiger partial charge in [0.25, 0.3) is 0 Å². The first-order valence-electron chi connectivity index (χ1n) is 34.0. The van der Waals surface area contributed by atoms with E-state index in [2.05, 4.69) is 153 Å². The summed E-state index contributed by atoms with van der Waals surface area (Å²) in [6.07, 6.45) is 109. The summed E-state index contributed by atoms with van der Waals surface area (Å²) < 4.78 is 0. The Morgan fingerprint density at radius 3 is 0.875 bits per heavy atom. The maximum Gasteiger partial charge on any atom is 0.220 e. The fourth-order valence-electron chi connectivity index (χ4n) is 9.68. The number of allylic oxidation sites excluding steroid dienone is 23. The molecular formula is C76H129NO3. The van der Waals surface area contributed by atoms with E-state index in [0.717, 1.165) is 103 Å². The Hall–Kier alpha value is -3.73. The molecule has 4 heteroatoms. The molecule has 0 aliphatic rings. The summed E-state index contributed by atoms with van der Waals surface area (Å²) in [5, 5.41) is 23.2. The molecule has 456 valence electrons. The maximum absolute atomic E-state index is 12.5. The van der Waals surface area contributed by atoms with Gasteiger partial charge in [-0.2, -0.15) is 0 Å². The zero-order chi connectivity index (χ0) is 57.6. The second kappa shape index (κ2) is 69.5. The summed E-state index contributed by atoms with van der Waals surface area (Å²) in [5.74, 6) is -0.0845. The molecule has 0 heterocycles. The van der Waals surface area contributed by atoms with Gasteiger partial charge in [0.05, 0.1) is 18.8 Å². The van der Waals surface area contributed by atoms with Crippen LogP contribution in [0.2, 0.25) is 0 Å².